The first kappa shape index (κ1) is 19.1. The van der Waals surface area contributed by atoms with Crippen LogP contribution < -0.4 is 20.1 Å². The van der Waals surface area contributed by atoms with E-state index in [2.05, 4.69) is 10.6 Å². The highest BCUT2D eigenvalue weighted by Crippen LogP contribution is 2.29. The molecule has 6 heteroatoms. The molecule has 2 N–H and O–H groups in total. The molecule has 0 heterocycles. The summed E-state index contributed by atoms with van der Waals surface area (Å²) in [4.78, 5) is 12.2. The molecule has 5 nitrogen and oxygen atoms in total. The fraction of sp³-hybridized carbons (Fsp3) is 0.316. The summed E-state index contributed by atoms with van der Waals surface area (Å²) in [6, 6.07) is 12.9. The van der Waals surface area contributed by atoms with Crippen molar-refractivity contribution in [2.45, 2.75) is 25.9 Å². The number of carbonyl (C=O) groups is 1. The molecule has 1 atom stereocenters. The Balaban J connectivity index is 1.85. The second kappa shape index (κ2) is 9.30. The van der Waals surface area contributed by atoms with Gasteiger partial charge in [-0.2, -0.15) is 0 Å². The minimum atomic E-state index is -0.0837. The van der Waals surface area contributed by atoms with Crippen LogP contribution in [-0.4, -0.2) is 26.2 Å². The summed E-state index contributed by atoms with van der Waals surface area (Å²) in [7, 11) is 3.14. The standard InChI is InChI=1S/C19H23ClN2O3/c1-13(21-12-14-4-6-15(20)7-5-14)10-19(23)22-17-9-8-16(24-2)11-18(17)25-3/h4-9,11,13,21H,10,12H2,1-3H3,(H,22,23). The van der Waals surface area contributed by atoms with E-state index in [9.17, 15) is 4.79 Å². The van der Waals surface area contributed by atoms with Crippen molar-refractivity contribution in [3.05, 3.63) is 53.1 Å². The highest BCUT2D eigenvalue weighted by molar-refractivity contribution is 6.30. The fourth-order valence-corrected chi connectivity index (χ4v) is 2.47. The number of amides is 1. The van der Waals surface area contributed by atoms with Gasteiger partial charge in [-0.25, -0.2) is 0 Å². The van der Waals surface area contributed by atoms with Gasteiger partial charge in [-0.1, -0.05) is 23.7 Å². The second-order valence-corrected chi connectivity index (χ2v) is 6.16. The zero-order valence-electron chi connectivity index (χ0n) is 14.6. The van der Waals surface area contributed by atoms with E-state index < -0.39 is 0 Å². The van der Waals surface area contributed by atoms with Crippen molar-refractivity contribution in [3.63, 3.8) is 0 Å². The van der Waals surface area contributed by atoms with Crippen molar-refractivity contribution in [3.8, 4) is 11.5 Å². The van der Waals surface area contributed by atoms with Gasteiger partial charge in [0.1, 0.15) is 11.5 Å². The molecule has 0 saturated heterocycles. The van der Waals surface area contributed by atoms with Gasteiger partial charge in [-0.05, 0) is 36.8 Å². The van der Waals surface area contributed by atoms with Crippen molar-refractivity contribution < 1.29 is 14.3 Å². The van der Waals surface area contributed by atoms with E-state index in [-0.39, 0.29) is 11.9 Å². The number of methoxy groups -OCH3 is 2. The van der Waals surface area contributed by atoms with Crippen LogP contribution in [0.25, 0.3) is 0 Å². The summed E-state index contributed by atoms with van der Waals surface area (Å²) in [5, 5.41) is 6.91. The van der Waals surface area contributed by atoms with Crippen LogP contribution in [0, 0.1) is 0 Å². The predicted molar refractivity (Wildman–Crippen MR) is 101 cm³/mol. The Morgan fingerprint density at radius 1 is 1.12 bits per heavy atom. The molecule has 0 fully saturated rings. The second-order valence-electron chi connectivity index (χ2n) is 5.73. The molecule has 0 aliphatic rings. The Morgan fingerprint density at radius 2 is 1.84 bits per heavy atom. The van der Waals surface area contributed by atoms with Gasteiger partial charge in [0.15, 0.2) is 0 Å². The van der Waals surface area contributed by atoms with E-state index in [0.717, 1.165) is 5.56 Å². The molecule has 1 unspecified atom stereocenters. The molecular weight excluding hydrogens is 340 g/mol. The number of nitrogens with one attached hydrogen (secondary N) is 2. The molecule has 0 aliphatic heterocycles. The number of benzene rings is 2. The lowest BCUT2D eigenvalue weighted by molar-refractivity contribution is -0.116. The Labute approximate surface area is 153 Å². The molecular formula is C19H23ClN2O3. The molecule has 2 rings (SSSR count). The zero-order valence-corrected chi connectivity index (χ0v) is 15.4. The molecule has 0 radical (unpaired) electrons. The molecule has 0 aromatic heterocycles. The van der Waals surface area contributed by atoms with Gasteiger partial charge < -0.3 is 20.1 Å². The monoisotopic (exact) mass is 362 g/mol. The highest BCUT2D eigenvalue weighted by atomic mass is 35.5. The molecule has 1 amide bonds. The Morgan fingerprint density at radius 3 is 2.48 bits per heavy atom. The zero-order chi connectivity index (χ0) is 18.2. The lowest BCUT2D eigenvalue weighted by Crippen LogP contribution is -2.30. The van der Waals surface area contributed by atoms with Gasteiger partial charge >= 0.3 is 0 Å². The van der Waals surface area contributed by atoms with E-state index in [1.807, 2.05) is 31.2 Å². The van der Waals surface area contributed by atoms with Crippen LogP contribution >= 0.6 is 11.6 Å². The molecule has 134 valence electrons. The third kappa shape index (κ3) is 5.96. The Bertz CT molecular complexity index is 704. The molecule has 0 saturated carbocycles. The summed E-state index contributed by atoms with van der Waals surface area (Å²) in [6.45, 7) is 2.65. The van der Waals surface area contributed by atoms with Gasteiger partial charge in [-0.15, -0.1) is 0 Å². The van der Waals surface area contributed by atoms with Crippen LogP contribution in [-0.2, 0) is 11.3 Å². The number of anilines is 1. The fourth-order valence-electron chi connectivity index (χ4n) is 2.35. The number of hydrogen-bond donors (Lipinski definition) is 2. The van der Waals surface area contributed by atoms with Crippen molar-refractivity contribution >= 4 is 23.2 Å². The van der Waals surface area contributed by atoms with Gasteiger partial charge in [0.2, 0.25) is 5.91 Å². The van der Waals surface area contributed by atoms with Crippen LogP contribution in [0.1, 0.15) is 18.9 Å². The summed E-state index contributed by atoms with van der Waals surface area (Å²) >= 11 is 5.87. The van der Waals surface area contributed by atoms with E-state index >= 15 is 0 Å². The van der Waals surface area contributed by atoms with Crippen molar-refractivity contribution in [2.24, 2.45) is 0 Å². The van der Waals surface area contributed by atoms with Gasteiger partial charge in [0.25, 0.3) is 0 Å². The topological polar surface area (TPSA) is 59.6 Å². The van der Waals surface area contributed by atoms with Crippen molar-refractivity contribution in [2.75, 3.05) is 19.5 Å². The molecule has 25 heavy (non-hydrogen) atoms. The van der Waals surface area contributed by atoms with E-state index in [1.54, 1.807) is 32.4 Å². The molecule has 0 spiro atoms. The number of hydrogen-bond acceptors (Lipinski definition) is 4. The number of halogens is 1. The molecule has 0 bridgehead atoms. The smallest absolute Gasteiger partial charge is 0.226 e. The average molecular weight is 363 g/mol. The lowest BCUT2D eigenvalue weighted by Gasteiger charge is -2.15. The maximum Gasteiger partial charge on any atom is 0.226 e. The molecule has 2 aromatic carbocycles. The Kier molecular flexibility index (Phi) is 7.10. The summed E-state index contributed by atoms with van der Waals surface area (Å²) in [6.07, 6.45) is 0.350. The van der Waals surface area contributed by atoms with Crippen LogP contribution in [0.3, 0.4) is 0 Å². The van der Waals surface area contributed by atoms with Gasteiger partial charge in [-0.3, -0.25) is 4.79 Å². The SMILES string of the molecule is COc1ccc(NC(=O)CC(C)NCc2ccc(Cl)cc2)c(OC)c1. The molecule has 2 aromatic rings. The van der Waals surface area contributed by atoms with E-state index in [1.165, 1.54) is 0 Å². The van der Waals surface area contributed by atoms with E-state index in [4.69, 9.17) is 21.1 Å². The van der Waals surface area contributed by atoms with Crippen molar-refractivity contribution in [1.82, 2.24) is 5.32 Å². The normalized spacial score (nSPS) is 11.7. The largest absolute Gasteiger partial charge is 0.497 e. The van der Waals surface area contributed by atoms with Gasteiger partial charge in [0, 0.05) is 30.1 Å². The number of rotatable bonds is 8. The third-order valence-electron chi connectivity index (χ3n) is 3.74. The van der Waals surface area contributed by atoms with Crippen LogP contribution in [0.5, 0.6) is 11.5 Å². The maximum absolute atomic E-state index is 12.2. The van der Waals surface area contributed by atoms with Crippen LogP contribution in [0.15, 0.2) is 42.5 Å². The summed E-state index contributed by atoms with van der Waals surface area (Å²) < 4.78 is 10.4. The van der Waals surface area contributed by atoms with Crippen molar-refractivity contribution in [1.29, 1.82) is 0 Å². The summed E-state index contributed by atoms with van der Waals surface area (Å²) in [5.41, 5.74) is 1.74. The number of ether oxygens (including phenoxy) is 2. The minimum Gasteiger partial charge on any atom is -0.497 e. The van der Waals surface area contributed by atoms with Crippen LogP contribution in [0.4, 0.5) is 5.69 Å². The number of carbonyl (C=O) groups excluding carboxylic acids is 1. The first-order chi connectivity index (χ1) is 12.0. The Hall–Kier alpha value is -2.24. The average Bonchev–Trinajstić information content (AvgIpc) is 2.61. The predicted octanol–water partition coefficient (Wildman–Crippen LogP) is 3.86. The lowest BCUT2D eigenvalue weighted by atomic mass is 10.1. The first-order valence-electron chi connectivity index (χ1n) is 8.01. The van der Waals surface area contributed by atoms with E-state index in [0.29, 0.717) is 35.2 Å². The highest BCUT2D eigenvalue weighted by Gasteiger charge is 2.12. The van der Waals surface area contributed by atoms with Gasteiger partial charge in [0.05, 0.1) is 19.9 Å². The first-order valence-corrected chi connectivity index (χ1v) is 8.39. The van der Waals surface area contributed by atoms with Crippen LogP contribution in [0.2, 0.25) is 5.02 Å². The maximum atomic E-state index is 12.2. The third-order valence-corrected chi connectivity index (χ3v) is 3.99. The minimum absolute atomic E-state index is 0.0277. The quantitative estimate of drug-likeness (QED) is 0.748. The molecule has 0 aliphatic carbocycles. The summed E-state index contributed by atoms with van der Waals surface area (Å²) in [5.74, 6) is 1.15.